The summed E-state index contributed by atoms with van der Waals surface area (Å²) in [6.45, 7) is 12.2. The lowest BCUT2D eigenvalue weighted by molar-refractivity contribution is 0.140. The summed E-state index contributed by atoms with van der Waals surface area (Å²) in [5.74, 6) is 0.647. The Morgan fingerprint density at radius 2 is 1.83 bits per heavy atom. The van der Waals surface area contributed by atoms with Crippen molar-refractivity contribution >= 4 is 5.69 Å². The van der Waals surface area contributed by atoms with E-state index in [1.165, 1.54) is 0 Å². The maximum atomic E-state index is 5.72. The molecule has 2 N–H and O–H groups in total. The molecule has 0 bridgehead atoms. The molecule has 0 radical (unpaired) electrons. The molecule has 4 nitrogen and oxygen atoms in total. The third kappa shape index (κ3) is 4.18. The lowest BCUT2D eigenvalue weighted by atomic mass is 10.2. The summed E-state index contributed by atoms with van der Waals surface area (Å²) in [7, 11) is 0. The van der Waals surface area contributed by atoms with E-state index in [4.69, 9.17) is 10.5 Å². The predicted molar refractivity (Wildman–Crippen MR) is 75.9 cm³/mol. The standard InChI is InChI=1S/C14H25N3O/c1-10(2)17(11(3)4)8-9-18-14-7-6-13(15)12(5)16-14/h6-7,10-11H,8-9,15H2,1-5H3. The van der Waals surface area contributed by atoms with Crippen molar-refractivity contribution in [2.45, 2.75) is 46.7 Å². The van der Waals surface area contributed by atoms with Gasteiger partial charge in [-0.25, -0.2) is 4.98 Å². The van der Waals surface area contributed by atoms with Crippen LogP contribution in [-0.2, 0) is 0 Å². The Balaban J connectivity index is 2.47. The number of anilines is 1. The summed E-state index contributed by atoms with van der Waals surface area (Å²) in [5.41, 5.74) is 7.24. The molecule has 0 saturated carbocycles. The van der Waals surface area contributed by atoms with Crippen molar-refractivity contribution in [3.8, 4) is 5.88 Å². The van der Waals surface area contributed by atoms with Crippen LogP contribution in [0.4, 0.5) is 5.69 Å². The van der Waals surface area contributed by atoms with E-state index in [1.54, 1.807) is 0 Å². The number of pyridine rings is 1. The van der Waals surface area contributed by atoms with Crippen molar-refractivity contribution in [2.75, 3.05) is 18.9 Å². The summed E-state index contributed by atoms with van der Waals surface area (Å²) in [6, 6.07) is 4.70. The number of aryl methyl sites for hydroxylation is 1. The average Bonchev–Trinajstić information content (AvgIpc) is 2.28. The van der Waals surface area contributed by atoms with Gasteiger partial charge in [0.2, 0.25) is 5.88 Å². The van der Waals surface area contributed by atoms with Gasteiger partial charge in [-0.15, -0.1) is 0 Å². The normalized spacial score (nSPS) is 11.6. The lowest BCUT2D eigenvalue weighted by Crippen LogP contribution is -2.39. The number of aromatic nitrogens is 1. The molecule has 0 unspecified atom stereocenters. The van der Waals surface area contributed by atoms with E-state index in [1.807, 2.05) is 19.1 Å². The molecule has 0 aromatic carbocycles. The Kier molecular flexibility index (Phi) is 5.41. The van der Waals surface area contributed by atoms with E-state index in [-0.39, 0.29) is 0 Å². The minimum Gasteiger partial charge on any atom is -0.476 e. The summed E-state index contributed by atoms with van der Waals surface area (Å²) in [5, 5.41) is 0. The van der Waals surface area contributed by atoms with Gasteiger partial charge in [0.15, 0.2) is 0 Å². The third-order valence-electron chi connectivity index (χ3n) is 3.03. The zero-order chi connectivity index (χ0) is 13.7. The van der Waals surface area contributed by atoms with Gasteiger partial charge < -0.3 is 10.5 Å². The first-order valence-corrected chi connectivity index (χ1v) is 6.53. The Morgan fingerprint density at radius 1 is 1.22 bits per heavy atom. The number of nitrogens with zero attached hydrogens (tertiary/aromatic N) is 2. The zero-order valence-electron chi connectivity index (χ0n) is 12.1. The van der Waals surface area contributed by atoms with Gasteiger partial charge in [0.25, 0.3) is 0 Å². The Hall–Kier alpha value is -1.29. The molecule has 0 aliphatic heterocycles. The molecule has 0 aliphatic rings. The van der Waals surface area contributed by atoms with Crippen LogP contribution in [0.2, 0.25) is 0 Å². The molecule has 1 aromatic rings. The maximum absolute atomic E-state index is 5.72. The van der Waals surface area contributed by atoms with Crippen LogP contribution in [0.15, 0.2) is 12.1 Å². The molecule has 4 heteroatoms. The summed E-state index contributed by atoms with van der Waals surface area (Å²) >= 11 is 0. The number of hydrogen-bond donors (Lipinski definition) is 1. The van der Waals surface area contributed by atoms with Gasteiger partial charge in [0.1, 0.15) is 6.61 Å². The van der Waals surface area contributed by atoms with E-state index in [0.29, 0.717) is 30.3 Å². The molecular weight excluding hydrogens is 226 g/mol. The Labute approximate surface area is 110 Å². The molecule has 1 heterocycles. The van der Waals surface area contributed by atoms with Crippen LogP contribution in [0.3, 0.4) is 0 Å². The second-order valence-corrected chi connectivity index (χ2v) is 5.10. The first kappa shape index (κ1) is 14.8. The van der Waals surface area contributed by atoms with Crippen molar-refractivity contribution in [1.82, 2.24) is 9.88 Å². The van der Waals surface area contributed by atoms with E-state index in [0.717, 1.165) is 12.2 Å². The fourth-order valence-electron chi connectivity index (χ4n) is 2.00. The highest BCUT2D eigenvalue weighted by molar-refractivity contribution is 5.43. The molecule has 0 saturated heterocycles. The quantitative estimate of drug-likeness (QED) is 0.844. The number of hydrogen-bond acceptors (Lipinski definition) is 4. The second-order valence-electron chi connectivity index (χ2n) is 5.10. The molecular formula is C14H25N3O. The van der Waals surface area contributed by atoms with Crippen LogP contribution < -0.4 is 10.5 Å². The van der Waals surface area contributed by atoms with Crippen molar-refractivity contribution in [1.29, 1.82) is 0 Å². The first-order chi connectivity index (χ1) is 8.41. The molecule has 0 spiro atoms. The average molecular weight is 251 g/mol. The predicted octanol–water partition coefficient (Wildman–Crippen LogP) is 2.47. The monoisotopic (exact) mass is 251 g/mol. The Morgan fingerprint density at radius 3 is 2.33 bits per heavy atom. The van der Waals surface area contributed by atoms with Gasteiger partial charge in [-0.1, -0.05) is 0 Å². The zero-order valence-corrected chi connectivity index (χ0v) is 12.1. The van der Waals surface area contributed by atoms with Gasteiger partial charge in [-0.2, -0.15) is 0 Å². The highest BCUT2D eigenvalue weighted by Gasteiger charge is 2.12. The molecule has 0 fully saturated rings. The van der Waals surface area contributed by atoms with Crippen molar-refractivity contribution in [3.63, 3.8) is 0 Å². The van der Waals surface area contributed by atoms with Gasteiger partial charge in [0, 0.05) is 24.7 Å². The Bertz CT molecular complexity index is 369. The highest BCUT2D eigenvalue weighted by Crippen LogP contribution is 2.14. The number of rotatable bonds is 6. The summed E-state index contributed by atoms with van der Waals surface area (Å²) < 4.78 is 5.66. The summed E-state index contributed by atoms with van der Waals surface area (Å²) in [6.07, 6.45) is 0. The highest BCUT2D eigenvalue weighted by atomic mass is 16.5. The lowest BCUT2D eigenvalue weighted by Gasteiger charge is -2.30. The van der Waals surface area contributed by atoms with E-state index < -0.39 is 0 Å². The van der Waals surface area contributed by atoms with Crippen molar-refractivity contribution in [3.05, 3.63) is 17.8 Å². The van der Waals surface area contributed by atoms with E-state index in [2.05, 4.69) is 37.6 Å². The SMILES string of the molecule is Cc1nc(OCCN(C(C)C)C(C)C)ccc1N. The maximum Gasteiger partial charge on any atom is 0.213 e. The fourth-order valence-corrected chi connectivity index (χ4v) is 2.00. The minimum atomic E-state index is 0.523. The van der Waals surface area contributed by atoms with Crippen LogP contribution in [0.25, 0.3) is 0 Å². The largest absolute Gasteiger partial charge is 0.476 e. The first-order valence-electron chi connectivity index (χ1n) is 6.53. The van der Waals surface area contributed by atoms with Crippen LogP contribution in [0.5, 0.6) is 5.88 Å². The molecule has 0 atom stereocenters. The second kappa shape index (κ2) is 6.59. The molecule has 0 aliphatic carbocycles. The third-order valence-corrected chi connectivity index (χ3v) is 3.03. The molecule has 1 rings (SSSR count). The van der Waals surface area contributed by atoms with Gasteiger partial charge >= 0.3 is 0 Å². The van der Waals surface area contributed by atoms with Crippen LogP contribution >= 0.6 is 0 Å². The molecule has 0 amide bonds. The van der Waals surface area contributed by atoms with Crippen LogP contribution in [0, 0.1) is 6.92 Å². The molecule has 1 aromatic heterocycles. The summed E-state index contributed by atoms with van der Waals surface area (Å²) in [4.78, 5) is 6.69. The number of nitrogens with two attached hydrogens (primary N) is 1. The molecule has 18 heavy (non-hydrogen) atoms. The van der Waals surface area contributed by atoms with Crippen LogP contribution in [-0.4, -0.2) is 35.1 Å². The van der Waals surface area contributed by atoms with Gasteiger partial charge in [0.05, 0.1) is 11.4 Å². The van der Waals surface area contributed by atoms with E-state index >= 15 is 0 Å². The van der Waals surface area contributed by atoms with Gasteiger partial charge in [-0.3, -0.25) is 4.90 Å². The van der Waals surface area contributed by atoms with Crippen LogP contribution in [0.1, 0.15) is 33.4 Å². The van der Waals surface area contributed by atoms with Gasteiger partial charge in [-0.05, 0) is 40.7 Å². The van der Waals surface area contributed by atoms with Crippen molar-refractivity contribution < 1.29 is 4.74 Å². The molecule has 102 valence electrons. The topological polar surface area (TPSA) is 51.4 Å². The smallest absolute Gasteiger partial charge is 0.213 e. The fraction of sp³-hybridized carbons (Fsp3) is 0.643. The number of ether oxygens (including phenoxy) is 1. The van der Waals surface area contributed by atoms with Crippen molar-refractivity contribution in [2.24, 2.45) is 0 Å². The minimum absolute atomic E-state index is 0.523. The van der Waals surface area contributed by atoms with E-state index in [9.17, 15) is 0 Å². The number of nitrogen functional groups attached to an aromatic ring is 1.